The molecule has 0 saturated carbocycles. The van der Waals surface area contributed by atoms with Crippen molar-refractivity contribution in [2.75, 3.05) is 24.5 Å². The molecule has 8 heteroatoms. The fraction of sp³-hybridized carbons (Fsp3) is 0.556. The first-order valence-electron chi connectivity index (χ1n) is 8.92. The Morgan fingerprint density at radius 1 is 1.35 bits per heavy atom. The molecule has 1 aliphatic heterocycles. The summed E-state index contributed by atoms with van der Waals surface area (Å²) in [7, 11) is 0. The Balaban J connectivity index is 0.00000243. The number of thiazole rings is 1. The smallest absolute Gasteiger partial charge is 0.191 e. The van der Waals surface area contributed by atoms with Gasteiger partial charge < -0.3 is 15.5 Å². The van der Waals surface area contributed by atoms with Gasteiger partial charge in [-0.1, -0.05) is 0 Å². The number of piperidine rings is 1. The first-order valence-corrected chi connectivity index (χ1v) is 10.6. The molecular formula is C18H28IN5S2. The zero-order valence-electron chi connectivity index (χ0n) is 15.6. The molecule has 1 aliphatic rings. The number of guanidine groups is 1. The lowest BCUT2D eigenvalue weighted by atomic mass is 10.1. The quantitative estimate of drug-likeness (QED) is 0.364. The van der Waals surface area contributed by atoms with Gasteiger partial charge in [-0.15, -0.1) is 46.7 Å². The number of aliphatic imine (C=N–C) groups is 1. The van der Waals surface area contributed by atoms with E-state index in [2.05, 4.69) is 58.8 Å². The number of nitrogens with one attached hydrogen (secondary N) is 2. The van der Waals surface area contributed by atoms with Crippen LogP contribution >= 0.6 is 46.7 Å². The summed E-state index contributed by atoms with van der Waals surface area (Å²) in [5.74, 6) is 0.905. The number of nitrogens with zero attached hydrogens (tertiary/aromatic N) is 3. The topological polar surface area (TPSA) is 52.6 Å². The van der Waals surface area contributed by atoms with E-state index in [1.165, 1.54) is 9.88 Å². The van der Waals surface area contributed by atoms with Gasteiger partial charge in [-0.25, -0.2) is 9.98 Å². The minimum atomic E-state index is 0. The molecule has 2 aromatic rings. The van der Waals surface area contributed by atoms with E-state index < -0.39 is 0 Å². The maximum absolute atomic E-state index is 4.73. The van der Waals surface area contributed by atoms with Crippen LogP contribution in [0.2, 0.25) is 0 Å². The highest BCUT2D eigenvalue weighted by Gasteiger charge is 2.20. The summed E-state index contributed by atoms with van der Waals surface area (Å²) in [5.41, 5.74) is 1.12. The Hall–Kier alpha value is -0.870. The highest BCUT2D eigenvalue weighted by atomic mass is 127. The second-order valence-corrected chi connectivity index (χ2v) is 8.52. The molecule has 0 aromatic carbocycles. The lowest BCUT2D eigenvalue weighted by Gasteiger charge is -2.33. The molecule has 3 rings (SSSR count). The monoisotopic (exact) mass is 505 g/mol. The third-order valence-corrected chi connectivity index (χ3v) is 6.43. The van der Waals surface area contributed by atoms with Crippen LogP contribution in [0.3, 0.4) is 0 Å². The average molecular weight is 505 g/mol. The molecule has 144 valence electrons. The van der Waals surface area contributed by atoms with Gasteiger partial charge in [-0.3, -0.25) is 0 Å². The maximum Gasteiger partial charge on any atom is 0.191 e. The molecule has 0 atom stereocenters. The van der Waals surface area contributed by atoms with Crippen LogP contribution < -0.4 is 15.5 Å². The first kappa shape index (κ1) is 21.4. The van der Waals surface area contributed by atoms with Gasteiger partial charge in [-0.05, 0) is 51.1 Å². The van der Waals surface area contributed by atoms with Crippen molar-refractivity contribution in [1.82, 2.24) is 15.6 Å². The molecule has 1 saturated heterocycles. The average Bonchev–Trinajstić information content (AvgIpc) is 3.24. The molecule has 3 heterocycles. The number of anilines is 1. The summed E-state index contributed by atoms with van der Waals surface area (Å²) in [6, 6.07) is 4.82. The third-order valence-electron chi connectivity index (χ3n) is 4.44. The van der Waals surface area contributed by atoms with Crippen LogP contribution in [0, 0.1) is 13.8 Å². The molecule has 26 heavy (non-hydrogen) atoms. The molecule has 1 fully saturated rings. The van der Waals surface area contributed by atoms with Crippen molar-refractivity contribution in [3.8, 4) is 0 Å². The van der Waals surface area contributed by atoms with Gasteiger partial charge in [-0.2, -0.15) is 0 Å². The number of aryl methyl sites for hydroxylation is 2. The zero-order chi connectivity index (χ0) is 17.6. The van der Waals surface area contributed by atoms with Crippen molar-refractivity contribution < 1.29 is 0 Å². The van der Waals surface area contributed by atoms with Gasteiger partial charge in [0.2, 0.25) is 0 Å². The minimum Gasteiger partial charge on any atom is -0.363 e. The van der Waals surface area contributed by atoms with Crippen molar-refractivity contribution in [3.05, 3.63) is 33.1 Å². The normalized spacial score (nSPS) is 15.7. The molecule has 0 radical (unpaired) electrons. The number of rotatable bonds is 5. The Bertz CT molecular complexity index is 671. The second kappa shape index (κ2) is 10.5. The van der Waals surface area contributed by atoms with Gasteiger partial charge >= 0.3 is 0 Å². The van der Waals surface area contributed by atoms with Crippen LogP contribution in [0.25, 0.3) is 0 Å². The second-order valence-electron chi connectivity index (χ2n) is 6.30. The predicted molar refractivity (Wildman–Crippen MR) is 125 cm³/mol. The minimum absolute atomic E-state index is 0. The Labute approximate surface area is 181 Å². The van der Waals surface area contributed by atoms with E-state index in [1.54, 1.807) is 11.3 Å². The molecule has 0 amide bonds. The Kier molecular flexibility index (Phi) is 8.62. The summed E-state index contributed by atoms with van der Waals surface area (Å²) < 4.78 is 0. The van der Waals surface area contributed by atoms with E-state index in [-0.39, 0.29) is 24.0 Å². The standard InChI is InChI=1S/C18H27N5S2.HI/c1-4-19-18(20-12-16-21-13(2)14(3)25-16)22-15-7-9-23(10-8-15)17-6-5-11-24-17;/h5-6,11,15H,4,7-10,12H2,1-3H3,(H2,19,20,22);1H. The van der Waals surface area contributed by atoms with Crippen molar-refractivity contribution in [2.24, 2.45) is 4.99 Å². The van der Waals surface area contributed by atoms with Crippen LogP contribution in [0.15, 0.2) is 22.5 Å². The van der Waals surface area contributed by atoms with Gasteiger partial charge in [0, 0.05) is 30.6 Å². The van der Waals surface area contributed by atoms with Gasteiger partial charge in [0.25, 0.3) is 0 Å². The highest BCUT2D eigenvalue weighted by Crippen LogP contribution is 2.24. The van der Waals surface area contributed by atoms with Gasteiger partial charge in [0.05, 0.1) is 17.2 Å². The molecule has 2 aromatic heterocycles. The van der Waals surface area contributed by atoms with E-state index in [9.17, 15) is 0 Å². The molecule has 2 N–H and O–H groups in total. The SMILES string of the molecule is CCNC(=NCc1nc(C)c(C)s1)NC1CCN(c2cccs2)CC1.I. The van der Waals surface area contributed by atoms with E-state index in [4.69, 9.17) is 4.99 Å². The third kappa shape index (κ3) is 5.82. The number of halogens is 1. The molecule has 0 bridgehead atoms. The molecule has 0 unspecified atom stereocenters. The molecule has 0 spiro atoms. The fourth-order valence-electron chi connectivity index (χ4n) is 2.96. The summed E-state index contributed by atoms with van der Waals surface area (Å²) in [6.45, 7) is 9.99. The first-order chi connectivity index (χ1) is 12.2. The maximum atomic E-state index is 4.73. The molecular weight excluding hydrogens is 477 g/mol. The lowest BCUT2D eigenvalue weighted by molar-refractivity contribution is 0.463. The Morgan fingerprint density at radius 2 is 2.12 bits per heavy atom. The van der Waals surface area contributed by atoms with Crippen LogP contribution in [-0.4, -0.2) is 36.6 Å². The zero-order valence-corrected chi connectivity index (χ0v) is 19.6. The van der Waals surface area contributed by atoms with Crippen molar-refractivity contribution in [2.45, 2.75) is 46.2 Å². The van der Waals surface area contributed by atoms with Gasteiger partial charge in [0.15, 0.2) is 5.96 Å². The summed E-state index contributed by atoms with van der Waals surface area (Å²) in [5, 5.41) is 11.6. The summed E-state index contributed by atoms with van der Waals surface area (Å²) in [6.07, 6.45) is 2.27. The highest BCUT2D eigenvalue weighted by molar-refractivity contribution is 14.0. The van der Waals surface area contributed by atoms with E-state index in [0.717, 1.165) is 49.1 Å². The van der Waals surface area contributed by atoms with Crippen LogP contribution in [0.5, 0.6) is 0 Å². The van der Waals surface area contributed by atoms with E-state index >= 15 is 0 Å². The van der Waals surface area contributed by atoms with Crippen molar-refractivity contribution >= 4 is 57.6 Å². The van der Waals surface area contributed by atoms with E-state index in [1.807, 2.05) is 11.3 Å². The van der Waals surface area contributed by atoms with Crippen LogP contribution in [0.4, 0.5) is 5.00 Å². The van der Waals surface area contributed by atoms with Crippen molar-refractivity contribution in [1.29, 1.82) is 0 Å². The predicted octanol–water partition coefficient (Wildman–Crippen LogP) is 4.16. The van der Waals surface area contributed by atoms with Crippen LogP contribution in [-0.2, 0) is 6.54 Å². The number of hydrogen-bond donors (Lipinski definition) is 2. The molecule has 0 aliphatic carbocycles. The Morgan fingerprint density at radius 3 is 2.69 bits per heavy atom. The van der Waals surface area contributed by atoms with Crippen molar-refractivity contribution in [3.63, 3.8) is 0 Å². The largest absolute Gasteiger partial charge is 0.363 e. The fourth-order valence-corrected chi connectivity index (χ4v) is 4.60. The van der Waals surface area contributed by atoms with Crippen LogP contribution in [0.1, 0.15) is 35.3 Å². The lowest BCUT2D eigenvalue weighted by Crippen LogP contribution is -2.48. The van der Waals surface area contributed by atoms with E-state index in [0.29, 0.717) is 12.6 Å². The number of thiophene rings is 1. The summed E-state index contributed by atoms with van der Waals surface area (Å²) >= 11 is 3.57. The number of aromatic nitrogens is 1. The number of hydrogen-bond acceptors (Lipinski definition) is 5. The molecule has 5 nitrogen and oxygen atoms in total. The van der Waals surface area contributed by atoms with Gasteiger partial charge in [0.1, 0.15) is 5.01 Å². The summed E-state index contributed by atoms with van der Waals surface area (Å²) in [4.78, 5) is 13.1.